The number of aromatic nitrogens is 5. The third kappa shape index (κ3) is 7.05. The molecule has 0 atom stereocenters. The van der Waals surface area contributed by atoms with Gasteiger partial charge in [0.2, 0.25) is 0 Å². The molecule has 0 saturated heterocycles. The lowest BCUT2D eigenvalue weighted by Crippen LogP contribution is -2.13. The van der Waals surface area contributed by atoms with Crippen LogP contribution in [0.25, 0.3) is 33.8 Å². The molecule has 2 aromatic carbocycles. The SMILES string of the molecule is COC(=O)c1nc(-c2ccc(Cl)c(N(C)C)c2F)nc(N)c1Cl.COC(=O)c1nc(-c2ccc(Cl)c(N(C)C)c2F)nc2[nH]c(C)cc12. The van der Waals surface area contributed by atoms with Crippen molar-refractivity contribution in [2.75, 3.05) is 57.9 Å². The van der Waals surface area contributed by atoms with Crippen LogP contribution < -0.4 is 15.5 Å². The molecule has 0 bridgehead atoms. The maximum atomic E-state index is 15.0. The fourth-order valence-electron chi connectivity index (χ4n) is 4.58. The highest BCUT2D eigenvalue weighted by atomic mass is 35.5. The van der Waals surface area contributed by atoms with Gasteiger partial charge < -0.3 is 30.0 Å². The van der Waals surface area contributed by atoms with E-state index < -0.39 is 23.6 Å². The number of nitrogens with zero attached hydrogens (tertiary/aromatic N) is 6. The summed E-state index contributed by atoms with van der Waals surface area (Å²) in [7, 11) is 9.10. The summed E-state index contributed by atoms with van der Waals surface area (Å²) in [5.41, 5.74) is 7.33. The van der Waals surface area contributed by atoms with E-state index in [9.17, 15) is 18.4 Å². The van der Waals surface area contributed by atoms with E-state index in [1.165, 1.54) is 37.3 Å². The Morgan fingerprint density at radius 1 is 0.771 bits per heavy atom. The molecule has 3 heterocycles. The highest BCUT2D eigenvalue weighted by Gasteiger charge is 2.24. The Bertz CT molecular complexity index is 2060. The van der Waals surface area contributed by atoms with Crippen LogP contribution in [0, 0.1) is 18.6 Å². The number of nitrogen functional groups attached to an aromatic ring is 1. The number of nitrogens with two attached hydrogens (primary N) is 1. The molecule has 252 valence electrons. The van der Waals surface area contributed by atoms with Gasteiger partial charge in [0.15, 0.2) is 34.7 Å². The summed E-state index contributed by atoms with van der Waals surface area (Å²) in [5.74, 6) is -2.78. The van der Waals surface area contributed by atoms with Crippen molar-refractivity contribution in [1.29, 1.82) is 0 Å². The van der Waals surface area contributed by atoms with E-state index in [1.54, 1.807) is 45.2 Å². The van der Waals surface area contributed by atoms with Crippen LogP contribution in [0.4, 0.5) is 26.0 Å². The molecule has 0 unspecified atom stereocenters. The number of carbonyl (C=O) groups is 2. The first-order valence-corrected chi connectivity index (χ1v) is 14.9. The molecule has 0 spiro atoms. The fourth-order valence-corrected chi connectivity index (χ4v) is 5.37. The van der Waals surface area contributed by atoms with Crippen LogP contribution in [0.1, 0.15) is 26.7 Å². The number of aryl methyl sites for hydroxylation is 1. The number of H-pyrrole nitrogens is 1. The second-order valence-corrected chi connectivity index (χ2v) is 11.7. The molecule has 5 aromatic rings. The molecule has 48 heavy (non-hydrogen) atoms. The summed E-state index contributed by atoms with van der Waals surface area (Å²) >= 11 is 18.0. The van der Waals surface area contributed by atoms with E-state index in [0.717, 1.165) is 5.69 Å². The Morgan fingerprint density at radius 3 is 1.71 bits per heavy atom. The minimum Gasteiger partial charge on any atom is -0.464 e. The van der Waals surface area contributed by atoms with Crippen molar-refractivity contribution < 1.29 is 27.8 Å². The van der Waals surface area contributed by atoms with E-state index >= 15 is 0 Å². The minimum atomic E-state index is -0.799. The zero-order valence-corrected chi connectivity index (χ0v) is 28.9. The summed E-state index contributed by atoms with van der Waals surface area (Å²) < 4.78 is 39.0. The lowest BCUT2D eigenvalue weighted by atomic mass is 10.1. The predicted octanol–water partition coefficient (Wildman–Crippen LogP) is 6.60. The van der Waals surface area contributed by atoms with Gasteiger partial charge in [0.1, 0.15) is 16.5 Å². The number of fused-ring (bicyclic) bond motifs is 1. The maximum Gasteiger partial charge on any atom is 0.358 e. The Balaban J connectivity index is 0.000000218. The monoisotopic (exact) mass is 720 g/mol. The second-order valence-electron chi connectivity index (χ2n) is 10.5. The molecule has 3 aromatic heterocycles. The smallest absolute Gasteiger partial charge is 0.358 e. The predicted molar refractivity (Wildman–Crippen MR) is 182 cm³/mol. The van der Waals surface area contributed by atoms with Crippen LogP contribution in [-0.4, -0.2) is 79.3 Å². The van der Waals surface area contributed by atoms with Gasteiger partial charge in [-0.3, -0.25) is 0 Å². The highest BCUT2D eigenvalue weighted by molar-refractivity contribution is 6.35. The number of nitrogens with one attached hydrogen (secondary N) is 1. The first-order valence-electron chi connectivity index (χ1n) is 13.8. The van der Waals surface area contributed by atoms with Crippen molar-refractivity contribution in [2.24, 2.45) is 0 Å². The topological polar surface area (TPSA) is 152 Å². The van der Waals surface area contributed by atoms with E-state index in [-0.39, 0.29) is 66.4 Å². The van der Waals surface area contributed by atoms with Gasteiger partial charge in [0, 0.05) is 33.9 Å². The number of carbonyl (C=O) groups excluding carboxylic acids is 2. The molecule has 0 saturated carbocycles. The summed E-state index contributed by atoms with van der Waals surface area (Å²) in [6.07, 6.45) is 0. The van der Waals surface area contributed by atoms with Crippen molar-refractivity contribution >= 4 is 75.0 Å². The minimum absolute atomic E-state index is 0.0339. The highest BCUT2D eigenvalue weighted by Crippen LogP contribution is 2.36. The Labute approximate surface area is 288 Å². The number of methoxy groups -OCH3 is 2. The van der Waals surface area contributed by atoms with Gasteiger partial charge in [-0.1, -0.05) is 34.8 Å². The largest absolute Gasteiger partial charge is 0.464 e. The van der Waals surface area contributed by atoms with Crippen LogP contribution >= 0.6 is 34.8 Å². The van der Waals surface area contributed by atoms with Gasteiger partial charge in [-0.2, -0.15) is 0 Å². The van der Waals surface area contributed by atoms with E-state index in [2.05, 4.69) is 29.7 Å². The van der Waals surface area contributed by atoms with E-state index in [0.29, 0.717) is 11.0 Å². The van der Waals surface area contributed by atoms with Crippen molar-refractivity contribution in [1.82, 2.24) is 24.9 Å². The number of aromatic amines is 1. The molecule has 0 aliphatic carbocycles. The van der Waals surface area contributed by atoms with Gasteiger partial charge in [0.05, 0.1) is 52.2 Å². The molecular formula is C31H29Cl3F2N8O4. The lowest BCUT2D eigenvalue weighted by Gasteiger charge is -2.17. The summed E-state index contributed by atoms with van der Waals surface area (Å²) in [6.45, 7) is 1.83. The van der Waals surface area contributed by atoms with Crippen molar-refractivity contribution in [2.45, 2.75) is 6.92 Å². The van der Waals surface area contributed by atoms with Gasteiger partial charge in [-0.25, -0.2) is 38.3 Å². The summed E-state index contributed by atoms with van der Waals surface area (Å²) in [5, 5.41) is 0.876. The molecule has 0 amide bonds. The lowest BCUT2D eigenvalue weighted by molar-refractivity contribution is 0.0586. The first-order chi connectivity index (χ1) is 22.6. The third-order valence-electron chi connectivity index (χ3n) is 6.77. The Hall–Kier alpha value is -4.79. The molecule has 3 N–H and O–H groups in total. The van der Waals surface area contributed by atoms with Crippen molar-refractivity contribution in [3.63, 3.8) is 0 Å². The van der Waals surface area contributed by atoms with Crippen molar-refractivity contribution in [3.05, 3.63) is 74.1 Å². The summed E-state index contributed by atoms with van der Waals surface area (Å²) in [4.78, 5) is 46.4. The number of halogens is 5. The molecule has 0 radical (unpaired) electrons. The molecule has 5 rings (SSSR count). The van der Waals surface area contributed by atoms with E-state index in [1.807, 2.05) is 6.92 Å². The molecule has 17 heteroatoms. The Kier molecular flexibility index (Phi) is 10.9. The summed E-state index contributed by atoms with van der Waals surface area (Å²) in [6, 6.07) is 7.70. The quantitative estimate of drug-likeness (QED) is 0.182. The third-order valence-corrected chi connectivity index (χ3v) is 7.75. The van der Waals surface area contributed by atoms with Gasteiger partial charge in [0.25, 0.3) is 0 Å². The number of rotatable bonds is 6. The van der Waals surface area contributed by atoms with Gasteiger partial charge >= 0.3 is 11.9 Å². The average molecular weight is 722 g/mol. The van der Waals surface area contributed by atoms with Crippen LogP contribution in [-0.2, 0) is 9.47 Å². The second kappa shape index (κ2) is 14.5. The van der Waals surface area contributed by atoms with Crippen LogP contribution in [0.5, 0.6) is 0 Å². The number of benzene rings is 2. The van der Waals surface area contributed by atoms with Crippen molar-refractivity contribution in [3.8, 4) is 22.8 Å². The molecular weight excluding hydrogens is 693 g/mol. The molecule has 12 nitrogen and oxygen atoms in total. The first kappa shape index (κ1) is 36.1. The van der Waals surface area contributed by atoms with Gasteiger partial charge in [-0.05, 0) is 37.3 Å². The standard InChI is InChI=1S/C17H16ClFN4O2.C14H13Cl2FN4O2/c1-8-7-10-13(17(24)25-4)21-15(22-16(10)20-8)9-5-6-11(18)14(12(9)19)23(2)3;1-21(2)11-7(15)5-4-6(9(11)17)13-19-10(14(22)23-3)8(16)12(18)20-13/h5-7H,1-4H3,(H,20,21,22);4-5H,1-3H3,(H2,18,19,20). The van der Waals surface area contributed by atoms with Crippen LogP contribution in [0.2, 0.25) is 15.1 Å². The number of hydrogen-bond donors (Lipinski definition) is 2. The molecule has 0 fully saturated rings. The van der Waals surface area contributed by atoms with Crippen LogP contribution in [0.3, 0.4) is 0 Å². The Morgan fingerprint density at radius 2 is 1.23 bits per heavy atom. The van der Waals surface area contributed by atoms with Crippen LogP contribution in [0.15, 0.2) is 30.3 Å². The normalized spacial score (nSPS) is 10.8. The number of anilines is 3. The average Bonchev–Trinajstić information content (AvgIpc) is 3.41. The van der Waals surface area contributed by atoms with E-state index in [4.69, 9.17) is 45.3 Å². The zero-order valence-electron chi connectivity index (χ0n) is 26.7. The fraction of sp³-hybridized carbons (Fsp3) is 0.226. The number of hydrogen-bond acceptors (Lipinski definition) is 11. The number of ether oxygens (including phenoxy) is 2. The van der Waals surface area contributed by atoms with Gasteiger partial charge in [-0.15, -0.1) is 0 Å². The number of esters is 2. The molecule has 0 aliphatic rings. The molecule has 0 aliphatic heterocycles. The zero-order chi connectivity index (χ0) is 35.6. The maximum absolute atomic E-state index is 15.0.